The molecule has 1 aliphatic carbocycles. The van der Waals surface area contributed by atoms with Crippen LogP contribution >= 0.6 is 0 Å². The van der Waals surface area contributed by atoms with Crippen molar-refractivity contribution in [1.29, 1.82) is 0 Å². The minimum Gasteiger partial charge on any atom is -0.497 e. The zero-order valence-corrected chi connectivity index (χ0v) is 14.7. The van der Waals surface area contributed by atoms with Crippen LogP contribution in [0.1, 0.15) is 24.8 Å². The zero-order chi connectivity index (χ0) is 16.8. The van der Waals surface area contributed by atoms with Gasteiger partial charge in [0.25, 0.3) is 0 Å². The van der Waals surface area contributed by atoms with Crippen molar-refractivity contribution in [1.82, 2.24) is 4.90 Å². The van der Waals surface area contributed by atoms with Crippen molar-refractivity contribution in [3.63, 3.8) is 0 Å². The van der Waals surface area contributed by atoms with Gasteiger partial charge in [-0.15, -0.1) is 0 Å². The van der Waals surface area contributed by atoms with Crippen molar-refractivity contribution in [3.05, 3.63) is 60.2 Å². The molecule has 0 saturated heterocycles. The third-order valence-corrected chi connectivity index (χ3v) is 4.59. The summed E-state index contributed by atoms with van der Waals surface area (Å²) in [7, 11) is 3.87. The van der Waals surface area contributed by atoms with E-state index in [9.17, 15) is 0 Å². The summed E-state index contributed by atoms with van der Waals surface area (Å²) in [4.78, 5) is 2.38. The first-order valence-corrected chi connectivity index (χ1v) is 8.78. The number of nitrogens with zero attached hydrogens (tertiary/aromatic N) is 1. The van der Waals surface area contributed by atoms with Crippen LogP contribution in [-0.2, 0) is 6.54 Å². The summed E-state index contributed by atoms with van der Waals surface area (Å²) < 4.78 is 11.5. The van der Waals surface area contributed by atoms with Crippen molar-refractivity contribution < 1.29 is 9.47 Å². The molecule has 3 rings (SSSR count). The molecule has 3 heteroatoms. The fourth-order valence-corrected chi connectivity index (χ4v) is 3.01. The molecule has 1 atom stereocenters. The van der Waals surface area contributed by atoms with Crippen LogP contribution in [-0.4, -0.2) is 31.7 Å². The summed E-state index contributed by atoms with van der Waals surface area (Å²) >= 11 is 0. The third-order valence-electron chi connectivity index (χ3n) is 4.59. The Hall–Kier alpha value is -2.00. The minimum absolute atomic E-state index is 0.316. The molecule has 0 heterocycles. The second kappa shape index (κ2) is 8.20. The molecule has 1 aliphatic rings. The Morgan fingerprint density at radius 2 is 1.67 bits per heavy atom. The molecule has 128 valence electrons. The standard InChI is InChI=1S/C21H27NO2/c1-22(16-17-6-4-3-5-7-17)15-14-21(18-8-9-18)24-20-12-10-19(23-2)11-13-20/h3-7,10-13,18,21H,8-9,14-16H2,1-2H3. The molecular formula is C21H27NO2. The van der Waals surface area contributed by atoms with Gasteiger partial charge in [0.1, 0.15) is 17.6 Å². The molecule has 0 radical (unpaired) electrons. The molecule has 1 fully saturated rings. The van der Waals surface area contributed by atoms with Gasteiger partial charge in [-0.1, -0.05) is 30.3 Å². The Morgan fingerprint density at radius 3 is 2.29 bits per heavy atom. The number of hydrogen-bond donors (Lipinski definition) is 0. The van der Waals surface area contributed by atoms with Crippen LogP contribution in [0, 0.1) is 5.92 Å². The van der Waals surface area contributed by atoms with Crippen molar-refractivity contribution in [2.75, 3.05) is 20.7 Å². The molecule has 3 nitrogen and oxygen atoms in total. The van der Waals surface area contributed by atoms with Crippen LogP contribution < -0.4 is 9.47 Å². The lowest BCUT2D eigenvalue weighted by molar-refractivity contribution is 0.149. The Kier molecular flexibility index (Phi) is 5.76. The van der Waals surface area contributed by atoms with Gasteiger partial charge in [-0.3, -0.25) is 0 Å². The summed E-state index contributed by atoms with van der Waals surface area (Å²) in [6, 6.07) is 18.6. The number of rotatable bonds is 9. The van der Waals surface area contributed by atoms with E-state index >= 15 is 0 Å². The molecule has 1 saturated carbocycles. The molecule has 1 unspecified atom stereocenters. The lowest BCUT2D eigenvalue weighted by atomic mass is 10.1. The van der Waals surface area contributed by atoms with Crippen LogP contribution in [0.15, 0.2) is 54.6 Å². The molecule has 0 N–H and O–H groups in total. The van der Waals surface area contributed by atoms with Gasteiger partial charge in [0.2, 0.25) is 0 Å². The van der Waals surface area contributed by atoms with Crippen molar-refractivity contribution >= 4 is 0 Å². The van der Waals surface area contributed by atoms with Crippen LogP contribution in [0.2, 0.25) is 0 Å². The van der Waals surface area contributed by atoms with E-state index in [1.165, 1.54) is 18.4 Å². The molecular weight excluding hydrogens is 298 g/mol. The smallest absolute Gasteiger partial charge is 0.120 e. The van der Waals surface area contributed by atoms with Gasteiger partial charge in [0.05, 0.1) is 7.11 Å². The summed E-state index contributed by atoms with van der Waals surface area (Å²) in [5, 5.41) is 0. The highest BCUT2D eigenvalue weighted by atomic mass is 16.5. The molecule has 2 aromatic carbocycles. The van der Waals surface area contributed by atoms with Gasteiger partial charge < -0.3 is 14.4 Å². The van der Waals surface area contributed by atoms with E-state index in [0.717, 1.165) is 36.9 Å². The van der Waals surface area contributed by atoms with Gasteiger partial charge >= 0.3 is 0 Å². The minimum atomic E-state index is 0.316. The molecule has 0 amide bonds. The van der Waals surface area contributed by atoms with Gasteiger partial charge in [-0.05, 0) is 62.1 Å². The average Bonchev–Trinajstić information content (AvgIpc) is 3.45. The van der Waals surface area contributed by atoms with E-state index in [-0.39, 0.29) is 0 Å². The molecule has 0 spiro atoms. The molecule has 0 aromatic heterocycles. The number of methoxy groups -OCH3 is 1. The van der Waals surface area contributed by atoms with Crippen molar-refractivity contribution in [2.24, 2.45) is 5.92 Å². The first-order chi connectivity index (χ1) is 11.7. The van der Waals surface area contributed by atoms with Crippen molar-refractivity contribution in [3.8, 4) is 11.5 Å². The maximum Gasteiger partial charge on any atom is 0.120 e. The SMILES string of the molecule is COc1ccc(OC(CCN(C)Cc2ccccc2)C2CC2)cc1. The Balaban J connectivity index is 1.50. The molecule has 0 aliphatic heterocycles. The summed E-state index contributed by atoms with van der Waals surface area (Å²) in [6.45, 7) is 2.03. The van der Waals surface area contributed by atoms with Gasteiger partial charge in [0, 0.05) is 13.1 Å². The van der Waals surface area contributed by atoms with E-state index in [1.807, 2.05) is 24.3 Å². The third kappa shape index (κ3) is 5.00. The van der Waals surface area contributed by atoms with Gasteiger partial charge in [-0.2, -0.15) is 0 Å². The maximum absolute atomic E-state index is 6.26. The quantitative estimate of drug-likeness (QED) is 0.683. The second-order valence-electron chi connectivity index (χ2n) is 6.68. The number of benzene rings is 2. The lowest BCUT2D eigenvalue weighted by Crippen LogP contribution is -2.27. The second-order valence-corrected chi connectivity index (χ2v) is 6.68. The lowest BCUT2D eigenvalue weighted by Gasteiger charge is -2.23. The average molecular weight is 325 g/mol. The summed E-state index contributed by atoms with van der Waals surface area (Å²) in [5.41, 5.74) is 1.36. The van der Waals surface area contributed by atoms with E-state index in [2.05, 4.69) is 42.3 Å². The Labute approximate surface area is 145 Å². The molecule has 2 aromatic rings. The number of hydrogen-bond acceptors (Lipinski definition) is 3. The van der Waals surface area contributed by atoms with Crippen LogP contribution in [0.4, 0.5) is 0 Å². The topological polar surface area (TPSA) is 21.7 Å². The molecule has 0 bridgehead atoms. The van der Waals surface area contributed by atoms with Crippen LogP contribution in [0.3, 0.4) is 0 Å². The fourth-order valence-electron chi connectivity index (χ4n) is 3.01. The van der Waals surface area contributed by atoms with E-state index in [4.69, 9.17) is 9.47 Å². The largest absolute Gasteiger partial charge is 0.497 e. The Bertz CT molecular complexity index is 607. The van der Waals surface area contributed by atoms with E-state index < -0.39 is 0 Å². The highest BCUT2D eigenvalue weighted by Gasteiger charge is 2.32. The van der Waals surface area contributed by atoms with E-state index in [1.54, 1.807) is 7.11 Å². The first kappa shape index (κ1) is 16.8. The monoisotopic (exact) mass is 325 g/mol. The predicted molar refractivity (Wildman–Crippen MR) is 97.5 cm³/mol. The number of ether oxygens (including phenoxy) is 2. The highest BCUT2D eigenvalue weighted by Crippen LogP contribution is 2.36. The van der Waals surface area contributed by atoms with Gasteiger partial charge in [0.15, 0.2) is 0 Å². The zero-order valence-electron chi connectivity index (χ0n) is 14.7. The summed E-state index contributed by atoms with van der Waals surface area (Å²) in [6.07, 6.45) is 3.98. The normalized spacial score (nSPS) is 15.3. The highest BCUT2D eigenvalue weighted by molar-refractivity contribution is 5.31. The first-order valence-electron chi connectivity index (χ1n) is 8.78. The maximum atomic E-state index is 6.26. The van der Waals surface area contributed by atoms with Gasteiger partial charge in [-0.25, -0.2) is 0 Å². The van der Waals surface area contributed by atoms with Crippen LogP contribution in [0.5, 0.6) is 11.5 Å². The van der Waals surface area contributed by atoms with Crippen molar-refractivity contribution in [2.45, 2.75) is 31.9 Å². The summed E-state index contributed by atoms with van der Waals surface area (Å²) in [5.74, 6) is 2.53. The van der Waals surface area contributed by atoms with Crippen LogP contribution in [0.25, 0.3) is 0 Å². The molecule has 24 heavy (non-hydrogen) atoms. The van der Waals surface area contributed by atoms with E-state index in [0.29, 0.717) is 6.10 Å². The fraction of sp³-hybridized carbons (Fsp3) is 0.429. The predicted octanol–water partition coefficient (Wildman–Crippen LogP) is 4.37. The Morgan fingerprint density at radius 1 is 1.00 bits per heavy atom.